The van der Waals surface area contributed by atoms with Crippen LogP contribution in [0.25, 0.3) is 0 Å². The van der Waals surface area contributed by atoms with Crippen molar-refractivity contribution in [3.8, 4) is 0 Å². The number of carbonyl (C=O) groups excluding carboxylic acids is 1. The lowest BCUT2D eigenvalue weighted by Crippen LogP contribution is -2.45. The van der Waals surface area contributed by atoms with Crippen LogP contribution in [0.4, 0.5) is 0 Å². The van der Waals surface area contributed by atoms with Crippen LogP contribution < -0.4 is 5.32 Å². The predicted molar refractivity (Wildman–Crippen MR) is 132 cm³/mol. The molecule has 0 spiro atoms. The van der Waals surface area contributed by atoms with Crippen molar-refractivity contribution in [2.75, 3.05) is 26.2 Å². The van der Waals surface area contributed by atoms with E-state index in [0.717, 1.165) is 22.9 Å². The van der Waals surface area contributed by atoms with Gasteiger partial charge in [-0.3, -0.25) is 4.79 Å². The number of nitrogens with one attached hydrogen (secondary N) is 1. The number of nitrogens with zero attached hydrogens (tertiary/aromatic N) is 2. The van der Waals surface area contributed by atoms with Crippen molar-refractivity contribution in [1.29, 1.82) is 0 Å². The summed E-state index contributed by atoms with van der Waals surface area (Å²) < 4.78 is 54.9. The largest absolute Gasteiger partial charge is 0.352 e. The molecule has 0 bridgehead atoms. The van der Waals surface area contributed by atoms with Gasteiger partial charge in [0.15, 0.2) is 0 Å². The van der Waals surface area contributed by atoms with Crippen molar-refractivity contribution in [3.63, 3.8) is 0 Å². The lowest BCUT2D eigenvalue weighted by atomic mass is 9.99. The molecule has 2 aliphatic rings. The minimum absolute atomic E-state index is 0.136. The van der Waals surface area contributed by atoms with E-state index >= 15 is 0 Å². The van der Waals surface area contributed by atoms with Crippen molar-refractivity contribution in [2.45, 2.75) is 42.0 Å². The molecule has 0 aromatic heterocycles. The number of carbonyl (C=O) groups is 1. The molecular weight excluding hydrogens is 542 g/mol. The number of benzene rings is 2. The summed E-state index contributed by atoms with van der Waals surface area (Å²) in [6.07, 6.45) is 2.99. The molecule has 2 aromatic rings. The first-order chi connectivity index (χ1) is 16.2. The predicted octanol–water partition coefficient (Wildman–Crippen LogP) is 2.95. The summed E-state index contributed by atoms with van der Waals surface area (Å²) in [5.74, 6) is -0.640. The van der Waals surface area contributed by atoms with Crippen LogP contribution in [-0.2, 0) is 31.4 Å². The smallest absolute Gasteiger partial charge is 0.243 e. The van der Waals surface area contributed by atoms with E-state index in [1.807, 2.05) is 0 Å². The number of piperidine rings is 1. The van der Waals surface area contributed by atoms with Gasteiger partial charge in [-0.25, -0.2) is 16.8 Å². The summed E-state index contributed by atoms with van der Waals surface area (Å²) in [6, 6.07) is 13.0. The number of hydrogen-bond donors (Lipinski definition) is 1. The minimum atomic E-state index is -3.67. The Hall–Kier alpha value is -1.79. The van der Waals surface area contributed by atoms with E-state index in [2.05, 4.69) is 21.2 Å². The molecule has 34 heavy (non-hydrogen) atoms. The van der Waals surface area contributed by atoms with Gasteiger partial charge in [-0.05, 0) is 67.6 Å². The van der Waals surface area contributed by atoms with Crippen LogP contribution in [0.15, 0.2) is 62.8 Å². The SMILES string of the molecule is O=C(NCc1ccc(S(=O)(=O)N2CCCC2)cc1)C1CCCN(S(=O)(=O)c2ccc(Br)cc2)C1. The lowest BCUT2D eigenvalue weighted by Gasteiger charge is -2.31. The van der Waals surface area contributed by atoms with Crippen LogP contribution in [0, 0.1) is 5.92 Å². The molecule has 4 rings (SSSR count). The Morgan fingerprint density at radius 2 is 1.35 bits per heavy atom. The Morgan fingerprint density at radius 3 is 1.97 bits per heavy atom. The van der Waals surface area contributed by atoms with Gasteiger partial charge in [0.25, 0.3) is 0 Å². The van der Waals surface area contributed by atoms with E-state index in [4.69, 9.17) is 0 Å². The fraction of sp³-hybridized carbons (Fsp3) is 0.435. The van der Waals surface area contributed by atoms with Crippen LogP contribution in [0.1, 0.15) is 31.2 Å². The lowest BCUT2D eigenvalue weighted by molar-refractivity contribution is -0.126. The van der Waals surface area contributed by atoms with Crippen molar-refractivity contribution in [1.82, 2.24) is 13.9 Å². The molecule has 184 valence electrons. The second-order valence-electron chi connectivity index (χ2n) is 8.63. The number of halogens is 1. The van der Waals surface area contributed by atoms with Gasteiger partial charge in [0.05, 0.1) is 15.7 Å². The third kappa shape index (κ3) is 5.54. The third-order valence-electron chi connectivity index (χ3n) is 6.30. The molecule has 1 unspecified atom stereocenters. The molecule has 11 heteroatoms. The maximum Gasteiger partial charge on any atom is 0.243 e. The standard InChI is InChI=1S/C23H28BrN3O5S2/c24-20-7-11-22(12-8-20)34(31,32)27-15-3-4-19(17-27)23(28)25-16-18-5-9-21(10-6-18)33(29,30)26-13-1-2-14-26/h5-12,19H,1-4,13-17H2,(H,25,28). The number of rotatable bonds is 7. The summed E-state index contributed by atoms with van der Waals surface area (Å²) in [5.41, 5.74) is 0.781. The molecule has 2 aromatic carbocycles. The normalized spacial score (nSPS) is 20.3. The Bertz CT molecular complexity index is 1230. The van der Waals surface area contributed by atoms with Crippen LogP contribution in [0.5, 0.6) is 0 Å². The van der Waals surface area contributed by atoms with Crippen LogP contribution >= 0.6 is 15.9 Å². The van der Waals surface area contributed by atoms with E-state index in [-0.39, 0.29) is 28.8 Å². The molecule has 2 heterocycles. The maximum absolute atomic E-state index is 13.0. The molecule has 1 amide bonds. The minimum Gasteiger partial charge on any atom is -0.352 e. The Balaban J connectivity index is 1.35. The third-order valence-corrected chi connectivity index (χ3v) is 10.6. The zero-order valence-electron chi connectivity index (χ0n) is 18.7. The van der Waals surface area contributed by atoms with E-state index < -0.39 is 26.0 Å². The molecule has 1 atom stereocenters. The van der Waals surface area contributed by atoms with Gasteiger partial charge in [0, 0.05) is 37.2 Å². The van der Waals surface area contributed by atoms with E-state index in [1.165, 1.54) is 8.61 Å². The second kappa shape index (κ2) is 10.4. The highest BCUT2D eigenvalue weighted by molar-refractivity contribution is 9.10. The van der Waals surface area contributed by atoms with Gasteiger partial charge < -0.3 is 5.32 Å². The highest BCUT2D eigenvalue weighted by atomic mass is 79.9. The summed E-state index contributed by atoms with van der Waals surface area (Å²) >= 11 is 3.31. The zero-order chi connectivity index (χ0) is 24.3. The molecule has 1 N–H and O–H groups in total. The second-order valence-corrected chi connectivity index (χ2v) is 13.4. The fourth-order valence-corrected chi connectivity index (χ4v) is 7.63. The van der Waals surface area contributed by atoms with Gasteiger partial charge in [-0.2, -0.15) is 8.61 Å². The number of amides is 1. The number of hydrogen-bond acceptors (Lipinski definition) is 5. The van der Waals surface area contributed by atoms with E-state index in [0.29, 0.717) is 32.5 Å². The summed E-state index contributed by atoms with van der Waals surface area (Å²) in [6.45, 7) is 1.87. The van der Waals surface area contributed by atoms with Gasteiger partial charge in [-0.1, -0.05) is 28.1 Å². The monoisotopic (exact) mass is 569 g/mol. The first-order valence-corrected chi connectivity index (χ1v) is 15.0. The fourth-order valence-electron chi connectivity index (χ4n) is 4.32. The first kappa shape index (κ1) is 25.3. The molecule has 2 saturated heterocycles. The molecule has 2 fully saturated rings. The van der Waals surface area contributed by atoms with Crippen molar-refractivity contribution >= 4 is 41.9 Å². The summed E-state index contributed by atoms with van der Waals surface area (Å²) in [5, 5.41) is 2.87. The average Bonchev–Trinajstić information content (AvgIpc) is 3.39. The van der Waals surface area contributed by atoms with Gasteiger partial charge in [0.2, 0.25) is 26.0 Å². The summed E-state index contributed by atoms with van der Waals surface area (Å²) in [4.78, 5) is 13.2. The average molecular weight is 571 g/mol. The Kier molecular flexibility index (Phi) is 7.78. The van der Waals surface area contributed by atoms with E-state index in [9.17, 15) is 21.6 Å². The van der Waals surface area contributed by atoms with Gasteiger partial charge >= 0.3 is 0 Å². The topological polar surface area (TPSA) is 104 Å². The van der Waals surface area contributed by atoms with Crippen molar-refractivity contribution in [2.24, 2.45) is 5.92 Å². The van der Waals surface area contributed by atoms with Crippen LogP contribution in [-0.4, -0.2) is 57.5 Å². The first-order valence-electron chi connectivity index (χ1n) is 11.3. The molecule has 8 nitrogen and oxygen atoms in total. The zero-order valence-corrected chi connectivity index (χ0v) is 21.9. The van der Waals surface area contributed by atoms with Gasteiger partial charge in [0.1, 0.15) is 0 Å². The quantitative estimate of drug-likeness (QED) is 0.552. The summed E-state index contributed by atoms with van der Waals surface area (Å²) in [7, 11) is -7.14. The highest BCUT2D eigenvalue weighted by Crippen LogP contribution is 2.25. The Morgan fingerprint density at radius 1 is 0.824 bits per heavy atom. The number of sulfonamides is 2. The highest BCUT2D eigenvalue weighted by Gasteiger charge is 2.33. The molecule has 0 saturated carbocycles. The molecule has 2 aliphatic heterocycles. The Labute approximate surface area is 209 Å². The van der Waals surface area contributed by atoms with Crippen LogP contribution in [0.2, 0.25) is 0 Å². The molecule has 0 radical (unpaired) electrons. The maximum atomic E-state index is 13.0. The van der Waals surface area contributed by atoms with Crippen LogP contribution in [0.3, 0.4) is 0 Å². The van der Waals surface area contributed by atoms with Crippen molar-refractivity contribution < 1.29 is 21.6 Å². The molecular formula is C23H28BrN3O5S2. The van der Waals surface area contributed by atoms with E-state index in [1.54, 1.807) is 48.5 Å². The molecule has 0 aliphatic carbocycles. The van der Waals surface area contributed by atoms with Gasteiger partial charge in [-0.15, -0.1) is 0 Å². The van der Waals surface area contributed by atoms with Crippen molar-refractivity contribution in [3.05, 3.63) is 58.6 Å².